The number of fused-ring (bicyclic) bond motifs is 1. The van der Waals surface area contributed by atoms with Crippen molar-refractivity contribution in [1.82, 2.24) is 10.3 Å². The van der Waals surface area contributed by atoms with Gasteiger partial charge in [0.1, 0.15) is 6.04 Å². The van der Waals surface area contributed by atoms with Crippen LogP contribution in [0, 0.1) is 0 Å². The SMILES string of the molecule is CCCC(NC(=O)CCCCc1nc2ccccc2s1)C(=O)O. The number of para-hydroxylation sites is 1. The van der Waals surface area contributed by atoms with E-state index in [1.165, 1.54) is 4.70 Å². The largest absolute Gasteiger partial charge is 0.480 e. The lowest BCUT2D eigenvalue weighted by atomic mass is 10.1. The van der Waals surface area contributed by atoms with Gasteiger partial charge in [0, 0.05) is 6.42 Å². The molecule has 124 valence electrons. The Morgan fingerprint density at radius 2 is 2.09 bits per heavy atom. The molecule has 0 saturated carbocycles. The first-order valence-corrected chi connectivity index (χ1v) is 8.78. The van der Waals surface area contributed by atoms with Crippen molar-refractivity contribution < 1.29 is 14.7 Å². The molecule has 6 heteroatoms. The Labute approximate surface area is 139 Å². The van der Waals surface area contributed by atoms with Crippen molar-refractivity contribution in [2.75, 3.05) is 0 Å². The van der Waals surface area contributed by atoms with Gasteiger partial charge in [0.15, 0.2) is 0 Å². The fourth-order valence-electron chi connectivity index (χ4n) is 2.40. The predicted octanol–water partition coefficient (Wildman–Crippen LogP) is 3.38. The summed E-state index contributed by atoms with van der Waals surface area (Å²) in [4.78, 5) is 27.4. The molecule has 0 aliphatic heterocycles. The van der Waals surface area contributed by atoms with E-state index in [0.29, 0.717) is 12.8 Å². The maximum atomic E-state index is 11.8. The number of amides is 1. The van der Waals surface area contributed by atoms with Crippen LogP contribution in [0.4, 0.5) is 0 Å². The van der Waals surface area contributed by atoms with Crippen LogP contribution in [-0.4, -0.2) is 28.0 Å². The third-order valence-corrected chi connectivity index (χ3v) is 4.69. The third kappa shape index (κ3) is 5.32. The number of carbonyl (C=O) groups excluding carboxylic acids is 1. The van der Waals surface area contributed by atoms with Crippen LogP contribution >= 0.6 is 11.3 Å². The standard InChI is InChI=1S/C17H22N2O3S/c1-2-7-13(17(21)22)18-15(20)10-5-6-11-16-19-12-8-3-4-9-14(12)23-16/h3-4,8-9,13H,2,5-7,10-11H2,1H3,(H,18,20)(H,21,22). The number of carboxylic acids is 1. The Kier molecular flexibility index (Phi) is 6.52. The van der Waals surface area contributed by atoms with Gasteiger partial charge in [-0.15, -0.1) is 11.3 Å². The van der Waals surface area contributed by atoms with Crippen LogP contribution in [0.2, 0.25) is 0 Å². The van der Waals surface area contributed by atoms with Gasteiger partial charge in [-0.05, 0) is 37.8 Å². The van der Waals surface area contributed by atoms with E-state index in [1.807, 2.05) is 25.1 Å². The van der Waals surface area contributed by atoms with Crippen molar-refractivity contribution in [3.63, 3.8) is 0 Å². The summed E-state index contributed by atoms with van der Waals surface area (Å²) >= 11 is 1.69. The van der Waals surface area contributed by atoms with Crippen LogP contribution in [0.15, 0.2) is 24.3 Å². The molecule has 5 nitrogen and oxygen atoms in total. The van der Waals surface area contributed by atoms with E-state index in [4.69, 9.17) is 5.11 Å². The maximum absolute atomic E-state index is 11.8. The summed E-state index contributed by atoms with van der Waals surface area (Å²) in [6.07, 6.45) is 4.02. The minimum Gasteiger partial charge on any atom is -0.480 e. The second-order valence-corrected chi connectivity index (χ2v) is 6.64. The molecule has 1 aromatic carbocycles. The summed E-state index contributed by atoms with van der Waals surface area (Å²) < 4.78 is 1.18. The molecular weight excluding hydrogens is 312 g/mol. The molecule has 0 saturated heterocycles. The van der Waals surface area contributed by atoms with E-state index < -0.39 is 12.0 Å². The number of unbranched alkanes of at least 4 members (excludes halogenated alkanes) is 1. The lowest BCUT2D eigenvalue weighted by Gasteiger charge is -2.13. The monoisotopic (exact) mass is 334 g/mol. The molecule has 1 unspecified atom stereocenters. The highest BCUT2D eigenvalue weighted by molar-refractivity contribution is 7.18. The second-order valence-electron chi connectivity index (χ2n) is 5.53. The molecule has 0 spiro atoms. The predicted molar refractivity (Wildman–Crippen MR) is 91.6 cm³/mol. The highest BCUT2D eigenvalue weighted by atomic mass is 32.1. The number of aryl methyl sites for hydroxylation is 1. The summed E-state index contributed by atoms with van der Waals surface area (Å²) in [7, 11) is 0. The lowest BCUT2D eigenvalue weighted by molar-refractivity contribution is -0.142. The molecule has 1 amide bonds. The number of benzene rings is 1. The van der Waals surface area contributed by atoms with Gasteiger partial charge in [-0.3, -0.25) is 4.79 Å². The number of aliphatic carboxylic acids is 1. The molecule has 2 aromatic rings. The van der Waals surface area contributed by atoms with Gasteiger partial charge in [-0.25, -0.2) is 9.78 Å². The number of hydrogen-bond donors (Lipinski definition) is 2. The topological polar surface area (TPSA) is 79.3 Å². The Hall–Kier alpha value is -1.95. The Balaban J connectivity index is 1.72. The minimum absolute atomic E-state index is 0.185. The smallest absolute Gasteiger partial charge is 0.326 e. The average Bonchev–Trinajstić information content (AvgIpc) is 2.93. The number of aromatic nitrogens is 1. The van der Waals surface area contributed by atoms with Crippen molar-refractivity contribution in [3.05, 3.63) is 29.3 Å². The molecule has 0 aliphatic rings. The van der Waals surface area contributed by atoms with Crippen molar-refractivity contribution in [2.24, 2.45) is 0 Å². The number of carboxylic acid groups (broad SMARTS) is 1. The molecule has 0 fully saturated rings. The lowest BCUT2D eigenvalue weighted by Crippen LogP contribution is -2.40. The zero-order chi connectivity index (χ0) is 16.7. The highest BCUT2D eigenvalue weighted by Gasteiger charge is 2.18. The molecule has 0 radical (unpaired) electrons. The number of hydrogen-bond acceptors (Lipinski definition) is 4. The van der Waals surface area contributed by atoms with Crippen LogP contribution in [0.5, 0.6) is 0 Å². The number of carbonyl (C=O) groups is 2. The molecule has 2 N–H and O–H groups in total. The minimum atomic E-state index is -0.963. The van der Waals surface area contributed by atoms with Gasteiger partial charge in [-0.2, -0.15) is 0 Å². The van der Waals surface area contributed by atoms with E-state index in [-0.39, 0.29) is 5.91 Å². The third-order valence-electron chi connectivity index (χ3n) is 3.59. The van der Waals surface area contributed by atoms with E-state index in [9.17, 15) is 9.59 Å². The molecule has 1 heterocycles. The first-order chi connectivity index (χ1) is 11.1. The van der Waals surface area contributed by atoms with Crippen LogP contribution in [0.25, 0.3) is 10.2 Å². The molecular formula is C17H22N2O3S. The van der Waals surface area contributed by atoms with Crippen molar-refractivity contribution >= 4 is 33.4 Å². The van der Waals surface area contributed by atoms with E-state index in [1.54, 1.807) is 11.3 Å². The number of rotatable bonds is 9. The van der Waals surface area contributed by atoms with E-state index in [2.05, 4.69) is 16.4 Å². The first kappa shape index (κ1) is 17.4. The Bertz CT molecular complexity index is 636. The van der Waals surface area contributed by atoms with Crippen LogP contribution < -0.4 is 5.32 Å². The molecule has 1 aromatic heterocycles. The fourth-order valence-corrected chi connectivity index (χ4v) is 3.41. The molecule has 0 bridgehead atoms. The molecule has 2 rings (SSSR count). The van der Waals surface area contributed by atoms with Crippen LogP contribution in [0.3, 0.4) is 0 Å². The van der Waals surface area contributed by atoms with Gasteiger partial charge in [-0.1, -0.05) is 25.5 Å². The zero-order valence-corrected chi connectivity index (χ0v) is 14.1. The van der Waals surface area contributed by atoms with Gasteiger partial charge in [0.05, 0.1) is 15.2 Å². The van der Waals surface area contributed by atoms with E-state index >= 15 is 0 Å². The Morgan fingerprint density at radius 1 is 1.30 bits per heavy atom. The van der Waals surface area contributed by atoms with Crippen molar-refractivity contribution in [2.45, 2.75) is 51.5 Å². The van der Waals surface area contributed by atoms with Gasteiger partial charge in [0.2, 0.25) is 5.91 Å². The summed E-state index contributed by atoms with van der Waals surface area (Å²) in [5.41, 5.74) is 1.02. The molecule has 1 atom stereocenters. The second kappa shape index (κ2) is 8.62. The zero-order valence-electron chi connectivity index (χ0n) is 13.2. The number of nitrogens with zero attached hydrogens (tertiary/aromatic N) is 1. The van der Waals surface area contributed by atoms with Crippen LogP contribution in [-0.2, 0) is 16.0 Å². The summed E-state index contributed by atoms with van der Waals surface area (Å²) in [5, 5.41) is 12.7. The highest BCUT2D eigenvalue weighted by Crippen LogP contribution is 2.22. The maximum Gasteiger partial charge on any atom is 0.326 e. The summed E-state index contributed by atoms with van der Waals surface area (Å²) in [6, 6.07) is 7.28. The molecule has 23 heavy (non-hydrogen) atoms. The van der Waals surface area contributed by atoms with E-state index in [0.717, 1.165) is 36.2 Å². The Morgan fingerprint density at radius 3 is 2.78 bits per heavy atom. The van der Waals surface area contributed by atoms with Gasteiger partial charge < -0.3 is 10.4 Å². The van der Waals surface area contributed by atoms with Crippen molar-refractivity contribution in [3.8, 4) is 0 Å². The first-order valence-electron chi connectivity index (χ1n) is 7.96. The molecule has 0 aliphatic carbocycles. The van der Waals surface area contributed by atoms with Gasteiger partial charge >= 0.3 is 5.97 Å². The quantitative estimate of drug-likeness (QED) is 0.689. The number of nitrogens with one attached hydrogen (secondary N) is 1. The fraction of sp³-hybridized carbons (Fsp3) is 0.471. The van der Waals surface area contributed by atoms with Crippen LogP contribution in [0.1, 0.15) is 44.0 Å². The summed E-state index contributed by atoms with van der Waals surface area (Å²) in [6.45, 7) is 1.90. The van der Waals surface area contributed by atoms with Crippen molar-refractivity contribution in [1.29, 1.82) is 0 Å². The van der Waals surface area contributed by atoms with Gasteiger partial charge in [0.25, 0.3) is 0 Å². The normalized spacial score (nSPS) is 12.2. The average molecular weight is 334 g/mol. The number of thiazole rings is 1. The summed E-state index contributed by atoms with van der Waals surface area (Å²) in [5.74, 6) is -1.15.